The van der Waals surface area contributed by atoms with E-state index >= 15 is 0 Å². The van der Waals surface area contributed by atoms with E-state index in [0.29, 0.717) is 11.7 Å². The first-order valence-corrected chi connectivity index (χ1v) is 5.78. The van der Waals surface area contributed by atoms with Crippen LogP contribution in [0, 0.1) is 5.82 Å². The van der Waals surface area contributed by atoms with Gasteiger partial charge in [-0.2, -0.15) is 4.98 Å². The Morgan fingerprint density at radius 2 is 2.32 bits per heavy atom. The first-order valence-electron chi connectivity index (χ1n) is 5.78. The maximum Gasteiger partial charge on any atom is 0.254 e. The van der Waals surface area contributed by atoms with Gasteiger partial charge in [0, 0.05) is 12.1 Å². The van der Waals surface area contributed by atoms with Crippen LogP contribution in [0.25, 0.3) is 0 Å². The lowest BCUT2D eigenvalue weighted by Gasteiger charge is -2.02. The lowest BCUT2D eigenvalue weighted by Crippen LogP contribution is -2.24. The summed E-state index contributed by atoms with van der Waals surface area (Å²) in [4.78, 5) is 19.4. The van der Waals surface area contributed by atoms with E-state index in [1.54, 1.807) is 0 Å². The Morgan fingerprint density at radius 3 is 2.95 bits per heavy atom. The summed E-state index contributed by atoms with van der Waals surface area (Å²) in [5.41, 5.74) is -0.0671. The van der Waals surface area contributed by atoms with Gasteiger partial charge in [-0.05, 0) is 6.07 Å². The zero-order valence-electron chi connectivity index (χ0n) is 10.6. The van der Waals surface area contributed by atoms with Crippen molar-refractivity contribution in [3.63, 3.8) is 0 Å². The van der Waals surface area contributed by atoms with Gasteiger partial charge < -0.3 is 9.84 Å². The van der Waals surface area contributed by atoms with E-state index in [1.165, 1.54) is 12.3 Å². The first kappa shape index (κ1) is 13.1. The van der Waals surface area contributed by atoms with Crippen molar-refractivity contribution in [1.29, 1.82) is 0 Å². The van der Waals surface area contributed by atoms with Gasteiger partial charge in [0.25, 0.3) is 5.91 Å². The minimum absolute atomic E-state index is 0.0671. The predicted molar refractivity (Wildman–Crippen MR) is 63.8 cm³/mol. The van der Waals surface area contributed by atoms with Crippen LogP contribution in [0.4, 0.5) is 4.39 Å². The van der Waals surface area contributed by atoms with Gasteiger partial charge >= 0.3 is 0 Å². The highest BCUT2D eigenvalue weighted by Crippen LogP contribution is 2.10. The van der Waals surface area contributed by atoms with Crippen molar-refractivity contribution < 1.29 is 13.7 Å². The fourth-order valence-corrected chi connectivity index (χ4v) is 1.39. The van der Waals surface area contributed by atoms with Crippen LogP contribution in [0.3, 0.4) is 0 Å². The summed E-state index contributed by atoms with van der Waals surface area (Å²) < 4.78 is 18.3. The second kappa shape index (κ2) is 5.55. The summed E-state index contributed by atoms with van der Waals surface area (Å²) in [5, 5.41) is 6.24. The smallest absolute Gasteiger partial charge is 0.254 e. The minimum atomic E-state index is -0.670. The third-order valence-corrected chi connectivity index (χ3v) is 2.40. The molecule has 0 bridgehead atoms. The molecule has 0 atom stereocenters. The second-order valence-corrected chi connectivity index (χ2v) is 4.24. The molecule has 0 saturated carbocycles. The monoisotopic (exact) mass is 264 g/mol. The number of carbonyl (C=O) groups excluding carboxylic acids is 1. The second-order valence-electron chi connectivity index (χ2n) is 4.24. The molecule has 2 rings (SSSR count). The van der Waals surface area contributed by atoms with E-state index in [9.17, 15) is 9.18 Å². The predicted octanol–water partition coefficient (Wildman–Crippen LogP) is 1.66. The Kier molecular flexibility index (Phi) is 3.84. The van der Waals surface area contributed by atoms with Crippen molar-refractivity contribution in [2.45, 2.75) is 26.3 Å². The third-order valence-electron chi connectivity index (χ3n) is 2.40. The van der Waals surface area contributed by atoms with Crippen LogP contribution in [-0.4, -0.2) is 21.0 Å². The minimum Gasteiger partial charge on any atom is -0.345 e. The van der Waals surface area contributed by atoms with Crippen LogP contribution in [0.2, 0.25) is 0 Å². The number of nitrogens with one attached hydrogen (secondary N) is 1. The van der Waals surface area contributed by atoms with Crippen molar-refractivity contribution >= 4 is 5.91 Å². The van der Waals surface area contributed by atoms with Gasteiger partial charge in [0.1, 0.15) is 0 Å². The fourth-order valence-electron chi connectivity index (χ4n) is 1.39. The third kappa shape index (κ3) is 3.12. The highest BCUT2D eigenvalue weighted by molar-refractivity contribution is 5.94. The molecule has 0 saturated heterocycles. The largest absolute Gasteiger partial charge is 0.345 e. The van der Waals surface area contributed by atoms with Gasteiger partial charge in [0.15, 0.2) is 11.6 Å². The maximum atomic E-state index is 13.3. The summed E-state index contributed by atoms with van der Waals surface area (Å²) in [6.45, 7) is 3.92. The Labute approximate surface area is 109 Å². The van der Waals surface area contributed by atoms with Gasteiger partial charge in [-0.1, -0.05) is 19.0 Å². The highest BCUT2D eigenvalue weighted by atomic mass is 19.1. The number of nitrogens with zero attached hydrogens (tertiary/aromatic N) is 3. The number of hydrogen-bond donors (Lipinski definition) is 1. The summed E-state index contributed by atoms with van der Waals surface area (Å²) in [6.07, 6.45) is 2.34. The maximum absolute atomic E-state index is 13.3. The van der Waals surface area contributed by atoms with Gasteiger partial charge in [0.2, 0.25) is 5.89 Å². The molecule has 6 nitrogen and oxygen atoms in total. The van der Waals surface area contributed by atoms with Crippen molar-refractivity contribution in [2.24, 2.45) is 0 Å². The van der Waals surface area contributed by atoms with Gasteiger partial charge in [-0.3, -0.25) is 9.78 Å². The average molecular weight is 264 g/mol. The number of hydrogen-bond acceptors (Lipinski definition) is 5. The van der Waals surface area contributed by atoms with Crippen molar-refractivity contribution in [3.05, 3.63) is 41.6 Å². The lowest BCUT2D eigenvalue weighted by molar-refractivity contribution is 0.0945. The van der Waals surface area contributed by atoms with Crippen LogP contribution in [0.15, 0.2) is 23.0 Å². The summed E-state index contributed by atoms with van der Waals surface area (Å²) in [7, 11) is 0. The summed E-state index contributed by atoms with van der Waals surface area (Å²) in [6, 6.07) is 1.31. The Hall–Kier alpha value is -2.31. The molecule has 1 amide bonds. The number of aromatic nitrogens is 3. The van der Waals surface area contributed by atoms with Gasteiger partial charge in [-0.25, -0.2) is 4.39 Å². The molecule has 0 aliphatic rings. The lowest BCUT2D eigenvalue weighted by atomic mass is 10.2. The molecule has 0 aromatic carbocycles. The Balaban J connectivity index is 1.98. The van der Waals surface area contributed by atoms with Crippen molar-refractivity contribution in [2.75, 3.05) is 0 Å². The van der Waals surface area contributed by atoms with E-state index in [4.69, 9.17) is 4.52 Å². The SMILES string of the molecule is CC(C)c1nc(CNC(=O)c2ccncc2F)no1. The molecule has 0 unspecified atom stereocenters. The number of rotatable bonds is 4. The van der Waals surface area contributed by atoms with Crippen molar-refractivity contribution in [1.82, 2.24) is 20.4 Å². The Bertz CT molecular complexity index is 583. The molecule has 0 spiro atoms. The molecular formula is C12H13FN4O2. The molecule has 2 aromatic heterocycles. The quantitative estimate of drug-likeness (QED) is 0.908. The summed E-state index contributed by atoms with van der Waals surface area (Å²) >= 11 is 0. The van der Waals surface area contributed by atoms with Crippen LogP contribution in [-0.2, 0) is 6.54 Å². The van der Waals surface area contributed by atoms with Gasteiger partial charge in [0.05, 0.1) is 18.3 Å². The zero-order chi connectivity index (χ0) is 13.8. The number of pyridine rings is 1. The molecular weight excluding hydrogens is 251 g/mol. The molecule has 2 heterocycles. The van der Waals surface area contributed by atoms with E-state index in [1.807, 2.05) is 13.8 Å². The van der Waals surface area contributed by atoms with E-state index in [2.05, 4.69) is 20.4 Å². The fraction of sp³-hybridized carbons (Fsp3) is 0.333. The topological polar surface area (TPSA) is 80.9 Å². The number of carbonyl (C=O) groups is 1. The average Bonchev–Trinajstić information content (AvgIpc) is 2.85. The van der Waals surface area contributed by atoms with Crippen molar-refractivity contribution in [3.8, 4) is 0 Å². The normalized spacial score (nSPS) is 10.7. The molecule has 7 heteroatoms. The molecule has 1 N–H and O–H groups in total. The molecule has 0 aliphatic heterocycles. The van der Waals surface area contributed by atoms with Crippen LogP contribution >= 0.6 is 0 Å². The molecule has 0 fully saturated rings. The first-order chi connectivity index (χ1) is 9.08. The molecule has 100 valence electrons. The van der Waals surface area contributed by atoms with Gasteiger partial charge in [-0.15, -0.1) is 0 Å². The highest BCUT2D eigenvalue weighted by Gasteiger charge is 2.13. The van der Waals surface area contributed by atoms with Crippen LogP contribution in [0.5, 0.6) is 0 Å². The molecule has 2 aromatic rings. The molecule has 0 aliphatic carbocycles. The van der Waals surface area contributed by atoms with Crippen LogP contribution in [0.1, 0.15) is 41.8 Å². The molecule has 19 heavy (non-hydrogen) atoms. The zero-order valence-corrected chi connectivity index (χ0v) is 10.6. The summed E-state index contributed by atoms with van der Waals surface area (Å²) in [5.74, 6) is -0.243. The van der Waals surface area contributed by atoms with E-state index in [0.717, 1.165) is 6.20 Å². The molecule has 0 radical (unpaired) electrons. The van der Waals surface area contributed by atoms with Crippen LogP contribution < -0.4 is 5.32 Å². The number of halogens is 1. The number of amides is 1. The standard InChI is InChI=1S/C12H13FN4O2/c1-7(2)12-16-10(17-19-12)6-15-11(18)8-3-4-14-5-9(8)13/h3-5,7H,6H2,1-2H3,(H,15,18). The van der Waals surface area contributed by atoms with E-state index in [-0.39, 0.29) is 18.0 Å². The Morgan fingerprint density at radius 1 is 1.53 bits per heavy atom. The van der Waals surface area contributed by atoms with E-state index < -0.39 is 11.7 Å².